The number of fused-ring (bicyclic) bond motifs is 1. The Balaban J connectivity index is 1.12. The smallest absolute Gasteiger partial charge is 0.241 e. The molecule has 0 N–H and O–H groups in total. The lowest BCUT2D eigenvalue weighted by Gasteiger charge is -2.28. The van der Waals surface area contributed by atoms with Gasteiger partial charge >= 0.3 is 0 Å². The Labute approximate surface area is 456 Å². The molecule has 376 valence electrons. The molecule has 12 aromatic rings. The van der Waals surface area contributed by atoms with Crippen LogP contribution >= 0.6 is 0 Å². The van der Waals surface area contributed by atoms with Crippen LogP contribution in [-0.2, 0) is 0 Å². The maximum Gasteiger partial charge on any atom is 0.241 e. The molecule has 12 rings (SSSR count). The normalized spacial score (nSPS) is 11.3. The first-order valence-corrected chi connectivity index (χ1v) is 26.5. The van der Waals surface area contributed by atoms with Gasteiger partial charge in [0.2, 0.25) is 11.9 Å². The van der Waals surface area contributed by atoms with Crippen LogP contribution in [0.2, 0.25) is 0 Å². The first-order valence-electron chi connectivity index (χ1n) is 26.5. The van der Waals surface area contributed by atoms with E-state index in [1.54, 1.807) is 0 Å². The predicted octanol–water partition coefficient (Wildman–Crippen LogP) is 17.7. The summed E-state index contributed by atoms with van der Waals surface area (Å²) >= 11 is 0. The fourth-order valence-corrected chi connectivity index (χ4v) is 11.2. The highest BCUT2D eigenvalue weighted by atomic mass is 15.4. The van der Waals surface area contributed by atoms with Crippen LogP contribution in [0.4, 0.5) is 17.6 Å². The van der Waals surface area contributed by atoms with Crippen LogP contribution in [0.5, 0.6) is 0 Å². The lowest BCUT2D eigenvalue weighted by Crippen LogP contribution is -2.19. The number of nitrogens with zero attached hydrogens (tertiary/aromatic N) is 7. The molecule has 7 heteroatoms. The lowest BCUT2D eigenvalue weighted by molar-refractivity contribution is 0.917. The molecule has 0 radical (unpaired) electrons. The molecule has 0 bridgehead atoms. The summed E-state index contributed by atoms with van der Waals surface area (Å²) in [6.45, 7) is 13.3. The molecule has 0 aliphatic rings. The zero-order valence-electron chi connectivity index (χ0n) is 44.6. The minimum atomic E-state index is -0.0424. The maximum atomic E-state index is 5.52. The van der Waals surface area contributed by atoms with E-state index < -0.39 is 0 Å². The van der Waals surface area contributed by atoms with Gasteiger partial charge in [0.1, 0.15) is 0 Å². The van der Waals surface area contributed by atoms with E-state index in [1.807, 2.05) is 77.7 Å². The highest BCUT2D eigenvalue weighted by molar-refractivity contribution is 5.87. The monoisotopic (exact) mass is 1010 g/mol. The molecule has 78 heavy (non-hydrogen) atoms. The number of aromatic nitrogens is 6. The van der Waals surface area contributed by atoms with Gasteiger partial charge in [0, 0.05) is 28.2 Å². The van der Waals surface area contributed by atoms with Crippen molar-refractivity contribution >= 4 is 28.4 Å². The summed E-state index contributed by atoms with van der Waals surface area (Å²) in [6.07, 6.45) is 0. The van der Waals surface area contributed by atoms with E-state index in [9.17, 15) is 0 Å². The number of rotatable bonds is 12. The zero-order valence-corrected chi connectivity index (χ0v) is 44.6. The fourth-order valence-electron chi connectivity index (χ4n) is 11.2. The van der Waals surface area contributed by atoms with Gasteiger partial charge in [-0.1, -0.05) is 205 Å². The second-order valence-corrected chi connectivity index (χ2v) is 20.4. The van der Waals surface area contributed by atoms with E-state index in [0.717, 1.165) is 66.5 Å². The van der Waals surface area contributed by atoms with Gasteiger partial charge in [-0.05, 0) is 150 Å². The Morgan fingerprint density at radius 3 is 1.10 bits per heavy atom. The van der Waals surface area contributed by atoms with Crippen LogP contribution in [0.15, 0.2) is 231 Å². The molecule has 0 unspecified atom stereocenters. The standard InChI is InChI=1S/C71H57N7/c1-45-37-47(3)63(48(4)38-45)65(64-49(5)39-46(2)40-50(64)6)54-33-35-62(36-34-54)78(70-74-66(55-26-15-9-16-27-55)72-68(76-70)58-32-31-53-25-19-20-30-57(53)41-58)71-75-67(56-28-17-10-18-29-56)73-69(77-71)61-43-59(51-21-11-7-12-22-51)42-60(44-61)52-23-13-8-14-24-52/h7-44,65H,1-6H3. The molecule has 0 aliphatic heterocycles. The van der Waals surface area contributed by atoms with Crippen molar-refractivity contribution in [2.45, 2.75) is 47.5 Å². The molecule has 10 aromatic carbocycles. The van der Waals surface area contributed by atoms with Crippen LogP contribution in [-0.4, -0.2) is 29.9 Å². The first-order chi connectivity index (χ1) is 38.1. The molecule has 0 amide bonds. The predicted molar refractivity (Wildman–Crippen MR) is 320 cm³/mol. The van der Waals surface area contributed by atoms with Crippen LogP contribution < -0.4 is 4.90 Å². The Morgan fingerprint density at radius 1 is 0.282 bits per heavy atom. The van der Waals surface area contributed by atoms with E-state index >= 15 is 0 Å². The maximum absolute atomic E-state index is 5.52. The van der Waals surface area contributed by atoms with Crippen LogP contribution in [0.1, 0.15) is 56.0 Å². The second-order valence-electron chi connectivity index (χ2n) is 20.4. The fraction of sp³-hybridized carbons (Fsp3) is 0.0986. The molecule has 2 aromatic heterocycles. The quantitative estimate of drug-likeness (QED) is 0.113. The average Bonchev–Trinajstić information content (AvgIpc) is 3.56. The highest BCUT2D eigenvalue weighted by Gasteiger charge is 2.28. The third-order valence-electron chi connectivity index (χ3n) is 14.7. The van der Waals surface area contributed by atoms with E-state index in [0.29, 0.717) is 35.2 Å². The van der Waals surface area contributed by atoms with Crippen molar-refractivity contribution in [3.05, 3.63) is 281 Å². The summed E-state index contributed by atoms with van der Waals surface area (Å²) in [5.74, 6) is 2.69. The minimum absolute atomic E-state index is 0.0424. The zero-order chi connectivity index (χ0) is 53.3. The number of hydrogen-bond acceptors (Lipinski definition) is 7. The minimum Gasteiger partial charge on any atom is -0.246 e. The van der Waals surface area contributed by atoms with Gasteiger partial charge in [-0.3, -0.25) is 0 Å². The Morgan fingerprint density at radius 2 is 0.654 bits per heavy atom. The Kier molecular flexibility index (Phi) is 13.3. The number of anilines is 3. The van der Waals surface area contributed by atoms with Gasteiger partial charge in [-0.2, -0.15) is 19.9 Å². The van der Waals surface area contributed by atoms with Crippen molar-refractivity contribution in [2.24, 2.45) is 0 Å². The van der Waals surface area contributed by atoms with Gasteiger partial charge in [-0.15, -0.1) is 0 Å². The third kappa shape index (κ3) is 9.97. The van der Waals surface area contributed by atoms with Gasteiger partial charge in [-0.25, -0.2) is 14.9 Å². The highest BCUT2D eigenvalue weighted by Crippen LogP contribution is 2.43. The molecule has 2 heterocycles. The topological polar surface area (TPSA) is 80.6 Å². The summed E-state index contributed by atoms with van der Waals surface area (Å²) in [5.41, 5.74) is 19.7. The lowest BCUT2D eigenvalue weighted by atomic mass is 9.77. The van der Waals surface area contributed by atoms with Crippen molar-refractivity contribution < 1.29 is 0 Å². The van der Waals surface area contributed by atoms with E-state index in [-0.39, 0.29) is 5.92 Å². The average molecular weight is 1010 g/mol. The van der Waals surface area contributed by atoms with E-state index in [4.69, 9.17) is 29.9 Å². The molecular formula is C71H57N7. The molecule has 0 atom stereocenters. The number of hydrogen-bond donors (Lipinski definition) is 0. The van der Waals surface area contributed by atoms with Crippen LogP contribution in [0, 0.1) is 41.5 Å². The largest absolute Gasteiger partial charge is 0.246 e. The molecule has 0 spiro atoms. The van der Waals surface area contributed by atoms with Crippen molar-refractivity contribution in [1.82, 2.24) is 29.9 Å². The number of aryl methyl sites for hydroxylation is 6. The summed E-state index contributed by atoms with van der Waals surface area (Å²) < 4.78 is 0. The SMILES string of the molecule is Cc1cc(C)c(C(c2ccc(N(c3nc(-c4ccccc4)nc(-c4cc(-c5ccccc5)cc(-c5ccccc5)c4)n3)c3nc(-c4ccccc4)nc(-c4ccc5ccccc5c4)n3)cc2)c2c(C)cc(C)cc2C)c(C)c1. The molecule has 0 saturated carbocycles. The number of benzene rings is 10. The molecule has 0 fully saturated rings. The van der Waals surface area contributed by atoms with E-state index in [2.05, 4.69) is 199 Å². The van der Waals surface area contributed by atoms with Gasteiger partial charge in [0.25, 0.3) is 0 Å². The van der Waals surface area contributed by atoms with Gasteiger partial charge < -0.3 is 0 Å². The van der Waals surface area contributed by atoms with E-state index in [1.165, 1.54) is 44.5 Å². The van der Waals surface area contributed by atoms with Crippen LogP contribution in [0.3, 0.4) is 0 Å². The molecule has 7 nitrogen and oxygen atoms in total. The summed E-state index contributed by atoms with van der Waals surface area (Å²) in [5, 5.41) is 2.21. The third-order valence-corrected chi connectivity index (χ3v) is 14.7. The Hall–Kier alpha value is -9.72. The second kappa shape index (κ2) is 21.1. The van der Waals surface area contributed by atoms with Crippen molar-refractivity contribution in [1.29, 1.82) is 0 Å². The Bertz CT molecular complexity index is 3980. The molecule has 0 saturated heterocycles. The van der Waals surface area contributed by atoms with Crippen molar-refractivity contribution in [2.75, 3.05) is 4.90 Å². The van der Waals surface area contributed by atoms with Gasteiger partial charge in [0.15, 0.2) is 23.3 Å². The molecule has 0 aliphatic carbocycles. The summed E-state index contributed by atoms with van der Waals surface area (Å²) in [7, 11) is 0. The van der Waals surface area contributed by atoms with Crippen LogP contribution in [0.25, 0.3) is 78.6 Å². The first kappa shape index (κ1) is 49.2. The van der Waals surface area contributed by atoms with Crippen molar-refractivity contribution in [3.63, 3.8) is 0 Å². The van der Waals surface area contributed by atoms with Gasteiger partial charge in [0.05, 0.1) is 5.69 Å². The van der Waals surface area contributed by atoms with Crippen molar-refractivity contribution in [3.8, 4) is 67.8 Å². The summed E-state index contributed by atoms with van der Waals surface area (Å²) in [6, 6.07) is 80.5. The molecular weight excluding hydrogens is 951 g/mol. The summed E-state index contributed by atoms with van der Waals surface area (Å²) in [4.78, 5) is 34.2.